The topological polar surface area (TPSA) is 66.0 Å². The van der Waals surface area contributed by atoms with Gasteiger partial charge in [0, 0.05) is 18.8 Å². The van der Waals surface area contributed by atoms with E-state index in [2.05, 4.69) is 9.88 Å². The fourth-order valence-corrected chi connectivity index (χ4v) is 2.10. The third kappa shape index (κ3) is 2.15. The summed E-state index contributed by atoms with van der Waals surface area (Å²) in [5.74, 6) is 0.986. The highest BCUT2D eigenvalue weighted by atomic mass is 15.2. The second-order valence-corrected chi connectivity index (χ2v) is 4.29. The molecule has 0 saturated carbocycles. The van der Waals surface area contributed by atoms with Gasteiger partial charge in [-0.25, -0.2) is 4.98 Å². The normalized spacial score (nSPS) is 16.2. The minimum atomic E-state index is 0.105. The molecular weight excluding hydrogens is 200 g/mol. The van der Waals surface area contributed by atoms with Crippen molar-refractivity contribution < 1.29 is 0 Å². The zero-order valence-electron chi connectivity index (χ0n) is 9.66. The van der Waals surface area contributed by atoms with Gasteiger partial charge in [0.25, 0.3) is 0 Å². The number of nitrogen functional groups attached to an aromatic ring is 1. The Labute approximate surface area is 96.0 Å². The molecule has 1 aromatic heterocycles. The van der Waals surface area contributed by atoms with Gasteiger partial charge in [-0.1, -0.05) is 0 Å². The Morgan fingerprint density at radius 3 is 2.62 bits per heavy atom. The molecule has 2 rings (SSSR count). The quantitative estimate of drug-likeness (QED) is 0.586. The fourth-order valence-electron chi connectivity index (χ4n) is 2.10. The van der Waals surface area contributed by atoms with Crippen molar-refractivity contribution in [2.24, 2.45) is 5.73 Å². The molecule has 86 valence electrons. The van der Waals surface area contributed by atoms with Gasteiger partial charge in [-0.2, -0.15) is 0 Å². The number of aromatic nitrogens is 1. The van der Waals surface area contributed by atoms with Gasteiger partial charge in [0.05, 0.1) is 5.56 Å². The molecular formula is C12H18N4. The monoisotopic (exact) mass is 218 g/mol. The Morgan fingerprint density at radius 1 is 1.31 bits per heavy atom. The molecule has 0 aromatic carbocycles. The second kappa shape index (κ2) is 4.51. The maximum absolute atomic E-state index is 7.58. The summed E-state index contributed by atoms with van der Waals surface area (Å²) in [5, 5.41) is 7.58. The van der Waals surface area contributed by atoms with Crippen molar-refractivity contribution in [3.05, 3.63) is 23.4 Å². The molecule has 0 radical (unpaired) electrons. The summed E-state index contributed by atoms with van der Waals surface area (Å²) in [5.41, 5.74) is 7.32. The Morgan fingerprint density at radius 2 is 2.00 bits per heavy atom. The molecule has 0 amide bonds. The molecule has 16 heavy (non-hydrogen) atoms. The SMILES string of the molecule is Cc1ccc(C(=N)N)c(N2CCCCC2)n1. The molecule has 3 N–H and O–H groups in total. The third-order valence-corrected chi connectivity index (χ3v) is 2.96. The molecule has 1 aliphatic heterocycles. The van der Waals surface area contributed by atoms with Crippen molar-refractivity contribution in [1.82, 2.24) is 4.98 Å². The van der Waals surface area contributed by atoms with Crippen molar-refractivity contribution in [1.29, 1.82) is 5.41 Å². The van der Waals surface area contributed by atoms with Crippen molar-refractivity contribution in [2.45, 2.75) is 26.2 Å². The maximum atomic E-state index is 7.58. The van der Waals surface area contributed by atoms with Crippen molar-refractivity contribution in [3.8, 4) is 0 Å². The van der Waals surface area contributed by atoms with E-state index in [0.717, 1.165) is 30.2 Å². The number of nitrogens with two attached hydrogens (primary N) is 1. The number of rotatable bonds is 2. The maximum Gasteiger partial charge on any atom is 0.139 e. The van der Waals surface area contributed by atoms with Crippen LogP contribution in [0.3, 0.4) is 0 Å². The van der Waals surface area contributed by atoms with Gasteiger partial charge < -0.3 is 10.6 Å². The Balaban J connectivity index is 2.36. The standard InChI is InChI=1S/C12H18N4/c1-9-5-6-10(11(13)14)12(15-9)16-7-3-2-4-8-16/h5-6H,2-4,7-8H2,1H3,(H3,13,14). The molecule has 0 bridgehead atoms. The van der Waals surface area contributed by atoms with Crippen LogP contribution in [0.4, 0.5) is 5.82 Å². The molecule has 0 aliphatic carbocycles. The first kappa shape index (κ1) is 10.9. The van der Waals surface area contributed by atoms with E-state index in [9.17, 15) is 0 Å². The van der Waals surface area contributed by atoms with E-state index in [1.54, 1.807) is 0 Å². The first-order valence-electron chi connectivity index (χ1n) is 5.75. The van der Waals surface area contributed by atoms with E-state index >= 15 is 0 Å². The van der Waals surface area contributed by atoms with E-state index in [0.29, 0.717) is 0 Å². The first-order chi connectivity index (χ1) is 7.68. The predicted octanol–water partition coefficient (Wildman–Crippen LogP) is 1.66. The third-order valence-electron chi connectivity index (χ3n) is 2.96. The molecule has 4 nitrogen and oxygen atoms in total. The Kier molecular flexibility index (Phi) is 3.08. The van der Waals surface area contributed by atoms with Crippen LogP contribution in [0.25, 0.3) is 0 Å². The highest BCUT2D eigenvalue weighted by Crippen LogP contribution is 2.22. The average Bonchev–Trinajstić information content (AvgIpc) is 2.29. The Hall–Kier alpha value is -1.58. The van der Waals surface area contributed by atoms with Crippen LogP contribution >= 0.6 is 0 Å². The van der Waals surface area contributed by atoms with Crippen LogP contribution in [0.5, 0.6) is 0 Å². The second-order valence-electron chi connectivity index (χ2n) is 4.29. The molecule has 1 aliphatic rings. The van der Waals surface area contributed by atoms with Crippen molar-refractivity contribution >= 4 is 11.7 Å². The number of pyridine rings is 1. The lowest BCUT2D eigenvalue weighted by Crippen LogP contribution is -2.32. The molecule has 0 atom stereocenters. The zero-order chi connectivity index (χ0) is 11.5. The van der Waals surface area contributed by atoms with Crippen LogP contribution in [0.1, 0.15) is 30.5 Å². The van der Waals surface area contributed by atoms with Crippen LogP contribution in [0.2, 0.25) is 0 Å². The number of nitrogens with one attached hydrogen (secondary N) is 1. The number of hydrogen-bond acceptors (Lipinski definition) is 3. The highest BCUT2D eigenvalue weighted by molar-refractivity contribution is 5.99. The molecule has 0 spiro atoms. The summed E-state index contributed by atoms with van der Waals surface area (Å²) in [6.07, 6.45) is 3.69. The van der Waals surface area contributed by atoms with Gasteiger partial charge in [-0.3, -0.25) is 5.41 Å². The van der Waals surface area contributed by atoms with Crippen LogP contribution < -0.4 is 10.6 Å². The molecule has 4 heteroatoms. The lowest BCUT2D eigenvalue weighted by atomic mass is 10.1. The number of aryl methyl sites for hydroxylation is 1. The highest BCUT2D eigenvalue weighted by Gasteiger charge is 2.17. The number of amidine groups is 1. The minimum absolute atomic E-state index is 0.105. The van der Waals surface area contributed by atoms with E-state index < -0.39 is 0 Å². The van der Waals surface area contributed by atoms with E-state index in [-0.39, 0.29) is 5.84 Å². The van der Waals surface area contributed by atoms with Crippen LogP contribution in [-0.4, -0.2) is 23.9 Å². The fraction of sp³-hybridized carbons (Fsp3) is 0.500. The summed E-state index contributed by atoms with van der Waals surface area (Å²) < 4.78 is 0. The average molecular weight is 218 g/mol. The summed E-state index contributed by atoms with van der Waals surface area (Å²) in [6, 6.07) is 3.80. The van der Waals surface area contributed by atoms with Crippen LogP contribution in [0.15, 0.2) is 12.1 Å². The Bertz CT molecular complexity index is 394. The summed E-state index contributed by atoms with van der Waals surface area (Å²) >= 11 is 0. The molecule has 1 fully saturated rings. The molecule has 0 unspecified atom stereocenters. The smallest absolute Gasteiger partial charge is 0.139 e. The summed E-state index contributed by atoms with van der Waals surface area (Å²) in [4.78, 5) is 6.77. The van der Waals surface area contributed by atoms with Gasteiger partial charge in [0.1, 0.15) is 11.7 Å². The molecule has 2 heterocycles. The van der Waals surface area contributed by atoms with Gasteiger partial charge >= 0.3 is 0 Å². The number of anilines is 1. The lowest BCUT2D eigenvalue weighted by molar-refractivity contribution is 0.573. The van der Waals surface area contributed by atoms with E-state index in [4.69, 9.17) is 11.1 Å². The van der Waals surface area contributed by atoms with Gasteiger partial charge in [-0.15, -0.1) is 0 Å². The van der Waals surface area contributed by atoms with E-state index in [1.807, 2.05) is 19.1 Å². The largest absolute Gasteiger partial charge is 0.384 e. The summed E-state index contributed by atoms with van der Waals surface area (Å²) in [6.45, 7) is 4.02. The van der Waals surface area contributed by atoms with Gasteiger partial charge in [-0.05, 0) is 38.3 Å². The van der Waals surface area contributed by atoms with Gasteiger partial charge in [0.2, 0.25) is 0 Å². The molecule has 1 saturated heterocycles. The molecule has 1 aromatic rings. The number of piperidine rings is 1. The minimum Gasteiger partial charge on any atom is -0.384 e. The van der Waals surface area contributed by atoms with Crippen LogP contribution in [-0.2, 0) is 0 Å². The number of hydrogen-bond donors (Lipinski definition) is 2. The lowest BCUT2D eigenvalue weighted by Gasteiger charge is -2.29. The zero-order valence-corrected chi connectivity index (χ0v) is 9.66. The van der Waals surface area contributed by atoms with Crippen molar-refractivity contribution in [3.63, 3.8) is 0 Å². The number of nitrogens with zero attached hydrogens (tertiary/aromatic N) is 2. The summed E-state index contributed by atoms with van der Waals surface area (Å²) in [7, 11) is 0. The first-order valence-corrected chi connectivity index (χ1v) is 5.75. The predicted molar refractivity (Wildman–Crippen MR) is 66.1 cm³/mol. The van der Waals surface area contributed by atoms with Crippen LogP contribution in [0, 0.1) is 12.3 Å². The van der Waals surface area contributed by atoms with E-state index in [1.165, 1.54) is 19.3 Å². The van der Waals surface area contributed by atoms with Crippen molar-refractivity contribution in [2.75, 3.05) is 18.0 Å². The van der Waals surface area contributed by atoms with Gasteiger partial charge in [0.15, 0.2) is 0 Å².